The van der Waals surface area contributed by atoms with Gasteiger partial charge in [-0.15, -0.1) is 0 Å². The molecule has 0 unspecified atom stereocenters. The van der Waals surface area contributed by atoms with Crippen LogP contribution in [-0.4, -0.2) is 29.4 Å². The summed E-state index contributed by atoms with van der Waals surface area (Å²) in [7, 11) is -5.24. The Morgan fingerprint density at radius 3 is 0.400 bits per heavy atom. The Bertz CT molecular complexity index is 68.8. The van der Waals surface area contributed by atoms with E-state index in [1.54, 1.807) is 0 Å². The lowest BCUT2D eigenvalue weighted by atomic mass is 10.6. The van der Waals surface area contributed by atoms with Crippen molar-refractivity contribution in [2.24, 2.45) is 0 Å². The molecule has 0 fully saturated rings. The normalized spacial score (nSPS) is 7.20. The fourth-order valence-electron chi connectivity index (χ4n) is 0. The summed E-state index contributed by atoms with van der Waals surface area (Å²) >= 11 is 0. The van der Waals surface area contributed by atoms with Crippen molar-refractivity contribution in [1.29, 1.82) is 0 Å². The molecule has 0 radical (unpaired) electrons. The van der Waals surface area contributed by atoms with Gasteiger partial charge in [-0.3, -0.25) is 0 Å². The zero-order chi connectivity index (χ0) is 18.0. The molecule has 0 heterocycles. The van der Waals surface area contributed by atoms with Gasteiger partial charge in [-0.25, -0.2) is 0 Å². The average molecular weight is 340 g/mol. The lowest BCUT2D eigenvalue weighted by Crippen LogP contribution is -1.54. The minimum Gasteiger partial charge on any atom is -0.328 e. The molecular formula is C12H38O6P2. The summed E-state index contributed by atoms with van der Waals surface area (Å²) in [4.78, 5) is 43.4. The molecule has 0 amide bonds. The quantitative estimate of drug-likeness (QED) is 0.370. The third-order valence-corrected chi connectivity index (χ3v) is 0. The van der Waals surface area contributed by atoms with Crippen LogP contribution in [0.4, 0.5) is 0 Å². The summed E-state index contributed by atoms with van der Waals surface area (Å²) in [5.41, 5.74) is 0. The van der Waals surface area contributed by atoms with E-state index in [-0.39, 0.29) is 0 Å². The minimum absolute atomic E-state index is 1.25. The van der Waals surface area contributed by atoms with Gasteiger partial charge in [0.05, 0.1) is 0 Å². The Labute approximate surface area is 128 Å². The van der Waals surface area contributed by atoms with Crippen LogP contribution in [0.2, 0.25) is 0 Å². The van der Waals surface area contributed by atoms with Gasteiger partial charge < -0.3 is 29.4 Å². The van der Waals surface area contributed by atoms with Crippen molar-refractivity contribution in [1.82, 2.24) is 0 Å². The van der Waals surface area contributed by atoms with Crippen LogP contribution in [0.25, 0.3) is 0 Å². The van der Waals surface area contributed by atoms with Crippen molar-refractivity contribution < 1.29 is 29.4 Å². The topological polar surface area (TPSA) is 121 Å². The van der Waals surface area contributed by atoms with E-state index >= 15 is 0 Å². The largest absolute Gasteiger partial charge is 0.328 e. The predicted molar refractivity (Wildman–Crippen MR) is 91.0 cm³/mol. The Morgan fingerprint density at radius 1 is 0.400 bits per heavy atom. The summed E-state index contributed by atoms with van der Waals surface area (Å²) in [6.07, 6.45) is 5.00. The highest BCUT2D eigenvalue weighted by Gasteiger charge is 1.76. The molecule has 20 heavy (non-hydrogen) atoms. The van der Waals surface area contributed by atoms with Crippen LogP contribution in [0.15, 0.2) is 0 Å². The molecule has 0 bridgehead atoms. The second kappa shape index (κ2) is 60.3. The van der Waals surface area contributed by atoms with Crippen LogP contribution in [-0.2, 0) is 0 Å². The fourth-order valence-corrected chi connectivity index (χ4v) is 0. The number of rotatable bonds is 0. The van der Waals surface area contributed by atoms with E-state index < -0.39 is 17.2 Å². The van der Waals surface area contributed by atoms with E-state index in [0.717, 1.165) is 0 Å². The molecule has 0 aliphatic carbocycles. The van der Waals surface area contributed by atoms with Gasteiger partial charge in [-0.1, -0.05) is 81.1 Å². The van der Waals surface area contributed by atoms with Crippen LogP contribution in [0.1, 0.15) is 81.1 Å². The molecule has 0 aromatic heterocycles. The van der Waals surface area contributed by atoms with E-state index in [1.165, 1.54) is 25.7 Å². The first-order chi connectivity index (χ1) is 9.12. The summed E-state index contributed by atoms with van der Waals surface area (Å²) in [5, 5.41) is 0. The van der Waals surface area contributed by atoms with Gasteiger partial charge >= 0.3 is 17.2 Å². The molecule has 0 saturated heterocycles. The second-order valence-corrected chi connectivity index (χ2v) is 4.44. The highest BCUT2D eigenvalue weighted by atomic mass is 31.2. The maximum absolute atomic E-state index is 7.23. The fraction of sp³-hybridized carbons (Fsp3) is 1.00. The van der Waals surface area contributed by atoms with Gasteiger partial charge in [-0.05, 0) is 0 Å². The van der Waals surface area contributed by atoms with Crippen molar-refractivity contribution in [3.8, 4) is 0 Å². The van der Waals surface area contributed by atoms with Crippen molar-refractivity contribution in [2.45, 2.75) is 81.1 Å². The molecular weight excluding hydrogens is 302 g/mol. The predicted octanol–water partition coefficient (Wildman–Crippen LogP) is 4.05. The summed E-state index contributed by atoms with van der Waals surface area (Å²) < 4.78 is 0. The third kappa shape index (κ3) is 15000. The highest BCUT2D eigenvalue weighted by molar-refractivity contribution is 7.38. The van der Waals surface area contributed by atoms with Gasteiger partial charge in [-0.2, -0.15) is 0 Å². The van der Waals surface area contributed by atoms with E-state index in [9.17, 15) is 0 Å². The van der Waals surface area contributed by atoms with Crippen molar-refractivity contribution in [3.05, 3.63) is 0 Å². The summed E-state index contributed by atoms with van der Waals surface area (Å²) in [6.45, 7) is 17.0. The lowest BCUT2D eigenvalue weighted by Gasteiger charge is -1.76. The van der Waals surface area contributed by atoms with E-state index in [0.29, 0.717) is 0 Å². The number of hydrogen-bond donors (Lipinski definition) is 6. The Hall–Kier alpha value is 0.620. The van der Waals surface area contributed by atoms with Gasteiger partial charge in [0.1, 0.15) is 0 Å². The van der Waals surface area contributed by atoms with Crippen molar-refractivity contribution in [3.63, 3.8) is 0 Å². The van der Waals surface area contributed by atoms with Crippen LogP contribution in [0.3, 0.4) is 0 Å². The van der Waals surface area contributed by atoms with Gasteiger partial charge in [0, 0.05) is 0 Å². The molecule has 0 saturated carbocycles. The van der Waals surface area contributed by atoms with Gasteiger partial charge in [0.15, 0.2) is 0 Å². The summed E-state index contributed by atoms with van der Waals surface area (Å²) in [6, 6.07) is 0. The van der Waals surface area contributed by atoms with Crippen LogP contribution in [0.5, 0.6) is 0 Å². The van der Waals surface area contributed by atoms with Crippen molar-refractivity contribution >= 4 is 17.2 Å². The third-order valence-electron chi connectivity index (χ3n) is 0. The minimum atomic E-state index is -2.62. The Morgan fingerprint density at radius 2 is 0.400 bits per heavy atom. The number of hydrogen-bond acceptors (Lipinski definition) is 6. The molecule has 0 aromatic rings. The maximum atomic E-state index is 7.23. The maximum Gasteiger partial charge on any atom is 0.324 e. The van der Waals surface area contributed by atoms with E-state index in [2.05, 4.69) is 55.4 Å². The SMILES string of the molecule is CCC.CCC.CCC.CCC.OP(O)O.OP(O)O. The zero-order valence-electron chi connectivity index (χ0n) is 14.4. The molecule has 0 aliphatic rings. The molecule has 0 rings (SSSR count). The van der Waals surface area contributed by atoms with Crippen LogP contribution < -0.4 is 0 Å². The van der Waals surface area contributed by atoms with Crippen LogP contribution in [0, 0.1) is 0 Å². The first-order valence-corrected chi connectivity index (χ1v) is 9.26. The molecule has 0 aliphatic heterocycles. The molecule has 6 N–H and O–H groups in total. The first kappa shape index (κ1) is 37.1. The van der Waals surface area contributed by atoms with Gasteiger partial charge in [0.2, 0.25) is 0 Å². The van der Waals surface area contributed by atoms with E-state index in [4.69, 9.17) is 29.4 Å². The van der Waals surface area contributed by atoms with Crippen LogP contribution >= 0.6 is 17.2 Å². The zero-order valence-corrected chi connectivity index (χ0v) is 16.2. The highest BCUT2D eigenvalue weighted by Crippen LogP contribution is 2.12. The molecule has 0 atom stereocenters. The van der Waals surface area contributed by atoms with Crippen molar-refractivity contribution in [2.75, 3.05) is 0 Å². The Balaban J connectivity index is -0.0000000296. The Kier molecular flexibility index (Phi) is 112. The van der Waals surface area contributed by atoms with E-state index in [1.807, 2.05) is 0 Å². The monoisotopic (exact) mass is 340 g/mol. The lowest BCUT2D eigenvalue weighted by molar-refractivity contribution is 0.366. The molecule has 8 heteroatoms. The first-order valence-electron chi connectivity index (χ1n) is 6.86. The second-order valence-electron chi connectivity index (χ2n) is 3.37. The standard InChI is InChI=1S/4C3H8.2H3O3P/c4*1-3-2;2*1-4(2)3/h4*3H2,1-2H3;2*1-3H. The molecule has 132 valence electrons. The summed E-state index contributed by atoms with van der Waals surface area (Å²) in [5.74, 6) is 0. The smallest absolute Gasteiger partial charge is 0.324 e. The molecule has 0 spiro atoms. The average Bonchev–Trinajstić information content (AvgIpc) is 2.18. The van der Waals surface area contributed by atoms with Gasteiger partial charge in [0.25, 0.3) is 0 Å². The molecule has 6 nitrogen and oxygen atoms in total. The molecule has 0 aromatic carbocycles.